The van der Waals surface area contributed by atoms with Gasteiger partial charge in [-0.3, -0.25) is 4.98 Å². The maximum absolute atomic E-state index is 4.04. The minimum Gasteiger partial charge on any atom is -0.317 e. The summed E-state index contributed by atoms with van der Waals surface area (Å²) in [5.41, 5.74) is 1.37. The molecular formula is C14H25N3. The Kier molecular flexibility index (Phi) is 6.82. The predicted molar refractivity (Wildman–Crippen MR) is 73.2 cm³/mol. The number of pyridine rings is 1. The van der Waals surface area contributed by atoms with Crippen LogP contribution in [0.2, 0.25) is 0 Å². The second-order valence-electron chi connectivity index (χ2n) is 4.58. The second-order valence-corrected chi connectivity index (χ2v) is 4.58. The summed E-state index contributed by atoms with van der Waals surface area (Å²) in [5.74, 6) is 0. The summed E-state index contributed by atoms with van der Waals surface area (Å²) in [4.78, 5) is 6.46. The lowest BCUT2D eigenvalue weighted by Gasteiger charge is -2.24. The first-order chi connectivity index (χ1) is 8.24. The van der Waals surface area contributed by atoms with Crippen LogP contribution in [0, 0.1) is 0 Å². The van der Waals surface area contributed by atoms with Crippen molar-refractivity contribution in [2.24, 2.45) is 0 Å². The fraction of sp³-hybridized carbons (Fsp3) is 0.643. The highest BCUT2D eigenvalue weighted by atomic mass is 15.1. The molecule has 0 radical (unpaired) electrons. The van der Waals surface area contributed by atoms with Gasteiger partial charge in [0.15, 0.2) is 0 Å². The molecule has 0 aliphatic rings. The van der Waals surface area contributed by atoms with Crippen molar-refractivity contribution in [1.82, 2.24) is 15.2 Å². The summed E-state index contributed by atoms with van der Waals surface area (Å²) in [6.07, 6.45) is 6.04. The molecular weight excluding hydrogens is 210 g/mol. The minimum atomic E-state index is 0.635. The van der Waals surface area contributed by atoms with Crippen molar-refractivity contribution in [2.75, 3.05) is 26.7 Å². The van der Waals surface area contributed by atoms with Gasteiger partial charge < -0.3 is 10.2 Å². The molecule has 0 saturated heterocycles. The lowest BCUT2D eigenvalue weighted by Crippen LogP contribution is -2.33. The van der Waals surface area contributed by atoms with E-state index in [4.69, 9.17) is 0 Å². The van der Waals surface area contributed by atoms with Crippen molar-refractivity contribution in [3.05, 3.63) is 30.1 Å². The average Bonchev–Trinajstić information content (AvgIpc) is 2.37. The van der Waals surface area contributed by atoms with E-state index in [1.165, 1.54) is 12.0 Å². The van der Waals surface area contributed by atoms with Crippen LogP contribution in [-0.4, -0.2) is 42.6 Å². The maximum atomic E-state index is 4.04. The Morgan fingerprint density at radius 3 is 2.71 bits per heavy atom. The second kappa shape index (κ2) is 8.20. The van der Waals surface area contributed by atoms with Crippen LogP contribution in [0.4, 0.5) is 0 Å². The first-order valence-corrected chi connectivity index (χ1v) is 6.54. The Morgan fingerprint density at radius 2 is 2.06 bits per heavy atom. The molecule has 1 N–H and O–H groups in total. The van der Waals surface area contributed by atoms with Crippen molar-refractivity contribution in [3.63, 3.8) is 0 Å². The van der Waals surface area contributed by atoms with Crippen molar-refractivity contribution in [3.8, 4) is 0 Å². The van der Waals surface area contributed by atoms with Gasteiger partial charge in [-0.2, -0.15) is 0 Å². The van der Waals surface area contributed by atoms with E-state index in [0.29, 0.717) is 6.04 Å². The highest BCUT2D eigenvalue weighted by Gasteiger charge is 2.08. The molecule has 1 rings (SSSR count). The summed E-state index contributed by atoms with van der Waals surface area (Å²) in [7, 11) is 2.21. The molecule has 3 nitrogen and oxygen atoms in total. The van der Waals surface area contributed by atoms with Gasteiger partial charge in [-0.25, -0.2) is 0 Å². The summed E-state index contributed by atoms with van der Waals surface area (Å²) >= 11 is 0. The quantitative estimate of drug-likeness (QED) is 0.698. The fourth-order valence-corrected chi connectivity index (χ4v) is 1.78. The van der Waals surface area contributed by atoms with E-state index in [-0.39, 0.29) is 0 Å². The summed E-state index contributed by atoms with van der Waals surface area (Å²) in [5, 5.41) is 3.37. The van der Waals surface area contributed by atoms with E-state index in [0.717, 1.165) is 26.1 Å². The number of hydrogen-bond donors (Lipinski definition) is 1. The molecule has 96 valence electrons. The van der Waals surface area contributed by atoms with Gasteiger partial charge in [0, 0.05) is 25.0 Å². The number of likely N-dealkylation sites (N-methyl/N-ethyl adjacent to an activating group) is 1. The molecule has 1 unspecified atom stereocenters. The highest BCUT2D eigenvalue weighted by Crippen LogP contribution is 2.04. The van der Waals surface area contributed by atoms with E-state index >= 15 is 0 Å². The Balaban J connectivity index is 2.22. The minimum absolute atomic E-state index is 0.635. The third kappa shape index (κ3) is 5.80. The van der Waals surface area contributed by atoms with Crippen molar-refractivity contribution in [1.29, 1.82) is 0 Å². The van der Waals surface area contributed by atoms with Gasteiger partial charge in [0.1, 0.15) is 0 Å². The number of rotatable bonds is 8. The van der Waals surface area contributed by atoms with E-state index in [9.17, 15) is 0 Å². The van der Waals surface area contributed by atoms with Crippen LogP contribution >= 0.6 is 0 Å². The Hall–Kier alpha value is -0.930. The highest BCUT2D eigenvalue weighted by molar-refractivity contribution is 5.09. The number of hydrogen-bond acceptors (Lipinski definition) is 3. The van der Waals surface area contributed by atoms with Crippen LogP contribution in [-0.2, 0) is 6.42 Å². The predicted octanol–water partition coefficient (Wildman–Crippen LogP) is 1.94. The van der Waals surface area contributed by atoms with Crippen LogP contribution in [0.15, 0.2) is 24.5 Å². The van der Waals surface area contributed by atoms with Gasteiger partial charge in [0.2, 0.25) is 0 Å². The van der Waals surface area contributed by atoms with Gasteiger partial charge >= 0.3 is 0 Å². The van der Waals surface area contributed by atoms with E-state index in [1.54, 1.807) is 0 Å². The molecule has 0 aromatic carbocycles. The summed E-state index contributed by atoms with van der Waals surface area (Å²) in [6.45, 7) is 7.73. The van der Waals surface area contributed by atoms with Crippen LogP contribution in [0.1, 0.15) is 25.8 Å². The van der Waals surface area contributed by atoms with Crippen LogP contribution in [0.25, 0.3) is 0 Å². The van der Waals surface area contributed by atoms with Gasteiger partial charge in [-0.15, -0.1) is 0 Å². The first-order valence-electron chi connectivity index (χ1n) is 6.54. The molecule has 0 amide bonds. The van der Waals surface area contributed by atoms with Crippen molar-refractivity contribution in [2.45, 2.75) is 32.7 Å². The third-order valence-corrected chi connectivity index (χ3v) is 3.24. The standard InChI is InChI=1S/C14H25N3/c1-4-15-9-5-13(2)17(3)12-8-14-6-10-16-11-7-14/h6-7,10-11,13,15H,4-5,8-9,12H2,1-3H3. The van der Waals surface area contributed by atoms with Crippen LogP contribution < -0.4 is 5.32 Å². The lowest BCUT2D eigenvalue weighted by atomic mass is 10.1. The Morgan fingerprint density at radius 1 is 1.35 bits per heavy atom. The smallest absolute Gasteiger partial charge is 0.0270 e. The summed E-state index contributed by atoms with van der Waals surface area (Å²) in [6, 6.07) is 4.82. The largest absolute Gasteiger partial charge is 0.317 e. The molecule has 0 aliphatic heterocycles. The maximum Gasteiger partial charge on any atom is 0.0270 e. The fourth-order valence-electron chi connectivity index (χ4n) is 1.78. The van der Waals surface area contributed by atoms with E-state index < -0.39 is 0 Å². The molecule has 0 spiro atoms. The van der Waals surface area contributed by atoms with E-state index in [2.05, 4.69) is 48.2 Å². The molecule has 0 aliphatic carbocycles. The van der Waals surface area contributed by atoms with Gasteiger partial charge in [-0.1, -0.05) is 6.92 Å². The zero-order chi connectivity index (χ0) is 12.5. The monoisotopic (exact) mass is 235 g/mol. The average molecular weight is 235 g/mol. The van der Waals surface area contributed by atoms with Gasteiger partial charge in [-0.05, 0) is 57.6 Å². The van der Waals surface area contributed by atoms with E-state index in [1.807, 2.05) is 12.4 Å². The Bertz CT molecular complexity index is 287. The number of aromatic nitrogens is 1. The molecule has 1 aromatic rings. The zero-order valence-electron chi connectivity index (χ0n) is 11.3. The molecule has 1 heterocycles. The Labute approximate surface area is 105 Å². The van der Waals surface area contributed by atoms with Gasteiger partial charge in [0.05, 0.1) is 0 Å². The molecule has 0 bridgehead atoms. The van der Waals surface area contributed by atoms with Crippen LogP contribution in [0.5, 0.6) is 0 Å². The van der Waals surface area contributed by atoms with Gasteiger partial charge in [0.25, 0.3) is 0 Å². The molecule has 3 heteroatoms. The summed E-state index contributed by atoms with van der Waals surface area (Å²) < 4.78 is 0. The van der Waals surface area contributed by atoms with Crippen LogP contribution in [0.3, 0.4) is 0 Å². The normalized spacial score (nSPS) is 12.9. The topological polar surface area (TPSA) is 28.2 Å². The SMILES string of the molecule is CCNCCC(C)N(C)CCc1ccncc1. The van der Waals surface area contributed by atoms with Crippen molar-refractivity contribution < 1.29 is 0 Å². The molecule has 17 heavy (non-hydrogen) atoms. The molecule has 1 aromatic heterocycles. The number of nitrogens with one attached hydrogen (secondary N) is 1. The number of nitrogens with zero attached hydrogens (tertiary/aromatic N) is 2. The zero-order valence-corrected chi connectivity index (χ0v) is 11.3. The molecule has 0 fully saturated rings. The first kappa shape index (κ1) is 14.1. The molecule has 0 saturated carbocycles. The third-order valence-electron chi connectivity index (χ3n) is 3.24. The lowest BCUT2D eigenvalue weighted by molar-refractivity contribution is 0.248. The molecule has 1 atom stereocenters. The van der Waals surface area contributed by atoms with Crippen molar-refractivity contribution >= 4 is 0 Å².